The van der Waals surface area contributed by atoms with E-state index in [4.69, 9.17) is 4.74 Å². The average Bonchev–Trinajstić information content (AvgIpc) is 2.71. The minimum absolute atomic E-state index is 0.0307. The van der Waals surface area contributed by atoms with Crippen LogP contribution in [0.3, 0.4) is 0 Å². The topological polar surface area (TPSA) is 58.6 Å². The first-order valence-electron chi connectivity index (χ1n) is 10.7. The molecule has 30 heavy (non-hydrogen) atoms. The van der Waals surface area contributed by atoms with Crippen LogP contribution in [0.2, 0.25) is 0 Å². The molecular weight excluding hydrogens is 376 g/mol. The van der Waals surface area contributed by atoms with E-state index < -0.39 is 6.04 Å². The number of carbonyl (C=O) groups excluding carboxylic acids is 2. The van der Waals surface area contributed by atoms with Crippen LogP contribution in [0.15, 0.2) is 48.5 Å². The van der Waals surface area contributed by atoms with Crippen LogP contribution in [-0.4, -0.2) is 28.9 Å². The van der Waals surface area contributed by atoms with Crippen molar-refractivity contribution in [2.24, 2.45) is 5.92 Å². The van der Waals surface area contributed by atoms with Crippen molar-refractivity contribution in [3.8, 4) is 5.75 Å². The van der Waals surface area contributed by atoms with Crippen molar-refractivity contribution < 1.29 is 14.3 Å². The third kappa shape index (κ3) is 5.41. The van der Waals surface area contributed by atoms with E-state index in [-0.39, 0.29) is 23.8 Å². The minimum atomic E-state index is -0.496. The number of amides is 2. The van der Waals surface area contributed by atoms with Gasteiger partial charge in [-0.3, -0.25) is 9.59 Å². The standard InChI is InChI=1S/C25H32N2O3/c1-17(2)13-24(28)27-16-21-11-6-5-9-19(21)14-22(27)25(29)26-15-20-10-7-8-12-23(20)30-18(3)4/h5-12,17-18,22H,13-16H2,1-4H3,(H,26,29). The highest BCUT2D eigenvalue weighted by Gasteiger charge is 2.34. The summed E-state index contributed by atoms with van der Waals surface area (Å²) in [5.74, 6) is 0.928. The van der Waals surface area contributed by atoms with Gasteiger partial charge >= 0.3 is 0 Å². The fourth-order valence-electron chi connectivity index (χ4n) is 3.80. The molecule has 1 unspecified atom stereocenters. The van der Waals surface area contributed by atoms with Gasteiger partial charge in [0, 0.05) is 31.5 Å². The van der Waals surface area contributed by atoms with Gasteiger partial charge in [-0.25, -0.2) is 0 Å². The largest absolute Gasteiger partial charge is 0.491 e. The molecule has 0 saturated heterocycles. The molecular formula is C25H32N2O3. The first kappa shape index (κ1) is 21.9. The summed E-state index contributed by atoms with van der Waals surface area (Å²) in [5.41, 5.74) is 3.18. The van der Waals surface area contributed by atoms with Gasteiger partial charge in [0.15, 0.2) is 0 Å². The predicted molar refractivity (Wildman–Crippen MR) is 118 cm³/mol. The van der Waals surface area contributed by atoms with Crippen molar-refractivity contribution >= 4 is 11.8 Å². The molecule has 1 atom stereocenters. The van der Waals surface area contributed by atoms with Crippen LogP contribution in [0.1, 0.15) is 50.8 Å². The molecule has 2 aromatic carbocycles. The van der Waals surface area contributed by atoms with Crippen molar-refractivity contribution in [2.75, 3.05) is 0 Å². The lowest BCUT2D eigenvalue weighted by Crippen LogP contribution is -2.52. The zero-order chi connectivity index (χ0) is 21.7. The Hall–Kier alpha value is -2.82. The van der Waals surface area contributed by atoms with Crippen LogP contribution in [-0.2, 0) is 29.1 Å². The Bertz CT molecular complexity index is 891. The van der Waals surface area contributed by atoms with E-state index in [1.807, 2.05) is 76.2 Å². The van der Waals surface area contributed by atoms with Gasteiger partial charge in [0.05, 0.1) is 6.10 Å². The highest BCUT2D eigenvalue weighted by atomic mass is 16.5. The molecule has 0 bridgehead atoms. The quantitative estimate of drug-likeness (QED) is 0.751. The minimum Gasteiger partial charge on any atom is -0.491 e. The van der Waals surface area contributed by atoms with Gasteiger partial charge in [-0.1, -0.05) is 56.3 Å². The summed E-state index contributed by atoms with van der Waals surface area (Å²) in [5, 5.41) is 3.04. The van der Waals surface area contributed by atoms with Crippen molar-refractivity contribution in [2.45, 2.75) is 65.8 Å². The number of hydrogen-bond acceptors (Lipinski definition) is 3. The Morgan fingerprint density at radius 2 is 1.70 bits per heavy atom. The fraction of sp³-hybridized carbons (Fsp3) is 0.440. The van der Waals surface area contributed by atoms with Crippen molar-refractivity contribution in [1.82, 2.24) is 10.2 Å². The van der Waals surface area contributed by atoms with Crippen LogP contribution >= 0.6 is 0 Å². The van der Waals surface area contributed by atoms with Crippen LogP contribution in [0.5, 0.6) is 5.75 Å². The van der Waals surface area contributed by atoms with E-state index >= 15 is 0 Å². The number of ether oxygens (including phenoxy) is 1. The van der Waals surface area contributed by atoms with Crippen LogP contribution in [0.4, 0.5) is 0 Å². The predicted octanol–water partition coefficient (Wildman–Crippen LogP) is 4.09. The van der Waals surface area contributed by atoms with Gasteiger partial charge in [0.25, 0.3) is 0 Å². The van der Waals surface area contributed by atoms with E-state index in [9.17, 15) is 9.59 Å². The van der Waals surface area contributed by atoms with Crippen molar-refractivity contribution in [1.29, 1.82) is 0 Å². The van der Waals surface area contributed by atoms with E-state index in [0.29, 0.717) is 25.9 Å². The summed E-state index contributed by atoms with van der Waals surface area (Å²) in [6.07, 6.45) is 1.04. The number of rotatable bonds is 7. The molecule has 1 aliphatic heterocycles. The Morgan fingerprint density at radius 1 is 1.03 bits per heavy atom. The lowest BCUT2D eigenvalue weighted by Gasteiger charge is -2.36. The molecule has 3 rings (SSSR count). The SMILES string of the molecule is CC(C)CC(=O)N1Cc2ccccc2CC1C(=O)NCc1ccccc1OC(C)C. The second kappa shape index (κ2) is 9.79. The number of carbonyl (C=O) groups is 2. The molecule has 2 aromatic rings. The zero-order valence-electron chi connectivity index (χ0n) is 18.4. The van der Waals surface area contributed by atoms with Gasteiger partial charge in [0.2, 0.25) is 11.8 Å². The molecule has 5 heteroatoms. The average molecular weight is 409 g/mol. The Labute approximate surface area is 179 Å². The Morgan fingerprint density at radius 3 is 2.40 bits per heavy atom. The molecule has 1 N–H and O–H groups in total. The maximum Gasteiger partial charge on any atom is 0.243 e. The van der Waals surface area contributed by atoms with Gasteiger partial charge in [-0.2, -0.15) is 0 Å². The molecule has 0 fully saturated rings. The summed E-state index contributed by atoms with van der Waals surface area (Å²) in [7, 11) is 0. The Kier molecular flexibility index (Phi) is 7.14. The number of nitrogens with one attached hydrogen (secondary N) is 1. The summed E-state index contributed by atoms with van der Waals surface area (Å²) >= 11 is 0. The van der Waals surface area contributed by atoms with Crippen LogP contribution in [0, 0.1) is 5.92 Å². The molecule has 0 aromatic heterocycles. The van der Waals surface area contributed by atoms with Crippen molar-refractivity contribution in [3.05, 3.63) is 65.2 Å². The summed E-state index contributed by atoms with van der Waals surface area (Å²) in [6, 6.07) is 15.3. The number of benzene rings is 2. The molecule has 0 aliphatic carbocycles. The molecule has 1 heterocycles. The normalized spacial score (nSPS) is 15.8. The second-order valence-electron chi connectivity index (χ2n) is 8.60. The number of hydrogen-bond donors (Lipinski definition) is 1. The summed E-state index contributed by atoms with van der Waals surface area (Å²) < 4.78 is 5.86. The highest BCUT2D eigenvalue weighted by Crippen LogP contribution is 2.25. The fourth-order valence-corrected chi connectivity index (χ4v) is 3.80. The second-order valence-corrected chi connectivity index (χ2v) is 8.60. The summed E-state index contributed by atoms with van der Waals surface area (Å²) in [6.45, 7) is 8.85. The van der Waals surface area contributed by atoms with Gasteiger partial charge in [-0.15, -0.1) is 0 Å². The van der Waals surface area contributed by atoms with E-state index in [0.717, 1.165) is 22.4 Å². The third-order valence-electron chi connectivity index (χ3n) is 5.24. The first-order valence-corrected chi connectivity index (χ1v) is 10.7. The number of para-hydroxylation sites is 1. The van der Waals surface area contributed by atoms with Crippen molar-refractivity contribution in [3.63, 3.8) is 0 Å². The van der Waals surface area contributed by atoms with Crippen LogP contribution in [0.25, 0.3) is 0 Å². The van der Waals surface area contributed by atoms with Gasteiger partial charge in [-0.05, 0) is 37.0 Å². The third-order valence-corrected chi connectivity index (χ3v) is 5.24. The van der Waals surface area contributed by atoms with E-state index in [1.165, 1.54) is 0 Å². The van der Waals surface area contributed by atoms with Gasteiger partial charge < -0.3 is 15.0 Å². The van der Waals surface area contributed by atoms with Crippen LogP contribution < -0.4 is 10.1 Å². The number of fused-ring (bicyclic) bond motifs is 1. The first-order chi connectivity index (χ1) is 14.3. The molecule has 0 radical (unpaired) electrons. The van der Waals surface area contributed by atoms with E-state index in [2.05, 4.69) is 5.32 Å². The summed E-state index contributed by atoms with van der Waals surface area (Å²) in [4.78, 5) is 27.8. The molecule has 0 spiro atoms. The zero-order valence-corrected chi connectivity index (χ0v) is 18.4. The molecule has 1 aliphatic rings. The molecule has 5 nitrogen and oxygen atoms in total. The molecule has 0 saturated carbocycles. The highest BCUT2D eigenvalue weighted by molar-refractivity contribution is 5.88. The molecule has 2 amide bonds. The number of nitrogens with zero attached hydrogens (tertiary/aromatic N) is 1. The monoisotopic (exact) mass is 408 g/mol. The lowest BCUT2D eigenvalue weighted by molar-refractivity contribution is -0.142. The van der Waals surface area contributed by atoms with E-state index in [1.54, 1.807) is 4.90 Å². The maximum atomic E-state index is 13.2. The van der Waals surface area contributed by atoms with Gasteiger partial charge in [0.1, 0.15) is 11.8 Å². The smallest absolute Gasteiger partial charge is 0.243 e. The lowest BCUT2D eigenvalue weighted by atomic mass is 9.92. The molecule has 160 valence electrons. The maximum absolute atomic E-state index is 13.2. The Balaban J connectivity index is 1.76.